The molecule has 100 valence electrons. The van der Waals surface area contributed by atoms with Crippen LogP contribution < -0.4 is 0 Å². The molecule has 1 aliphatic heterocycles. The van der Waals surface area contributed by atoms with Crippen molar-refractivity contribution < 1.29 is 13.2 Å². The SMILES string of the molecule is O=S(=O)(Cc1c(Cl)cccc1Cl)C[C@@H]1CCCO1. The van der Waals surface area contributed by atoms with Crippen molar-refractivity contribution in [1.82, 2.24) is 0 Å². The van der Waals surface area contributed by atoms with Gasteiger partial charge in [-0.1, -0.05) is 29.3 Å². The number of rotatable bonds is 4. The zero-order valence-corrected chi connectivity index (χ0v) is 12.1. The molecule has 0 aliphatic carbocycles. The van der Waals surface area contributed by atoms with Crippen LogP contribution in [0.4, 0.5) is 0 Å². The number of benzene rings is 1. The largest absolute Gasteiger partial charge is 0.377 e. The minimum Gasteiger partial charge on any atom is -0.377 e. The fraction of sp³-hybridized carbons (Fsp3) is 0.500. The maximum Gasteiger partial charge on any atom is 0.157 e. The summed E-state index contributed by atoms with van der Waals surface area (Å²) in [6, 6.07) is 4.98. The molecule has 0 bridgehead atoms. The third-order valence-corrected chi connectivity index (χ3v) is 5.21. The molecule has 2 rings (SSSR count). The summed E-state index contributed by atoms with van der Waals surface area (Å²) >= 11 is 11.9. The van der Waals surface area contributed by atoms with Gasteiger partial charge in [0, 0.05) is 22.2 Å². The first-order valence-corrected chi connectivity index (χ1v) is 8.30. The Kier molecular flexibility index (Phi) is 4.54. The van der Waals surface area contributed by atoms with E-state index in [2.05, 4.69) is 0 Å². The van der Waals surface area contributed by atoms with Gasteiger partial charge in [0.05, 0.1) is 17.6 Å². The highest BCUT2D eigenvalue weighted by atomic mass is 35.5. The normalized spacial score (nSPS) is 20.2. The molecule has 1 fully saturated rings. The van der Waals surface area contributed by atoms with E-state index in [1.807, 2.05) is 0 Å². The molecule has 0 aromatic heterocycles. The van der Waals surface area contributed by atoms with E-state index >= 15 is 0 Å². The molecule has 1 aromatic carbocycles. The maximum absolute atomic E-state index is 12.1. The van der Waals surface area contributed by atoms with Crippen LogP contribution in [0.5, 0.6) is 0 Å². The Morgan fingerprint density at radius 1 is 1.28 bits per heavy atom. The number of hydrogen-bond donors (Lipinski definition) is 0. The van der Waals surface area contributed by atoms with Gasteiger partial charge >= 0.3 is 0 Å². The second-order valence-electron chi connectivity index (χ2n) is 4.39. The van der Waals surface area contributed by atoms with Crippen molar-refractivity contribution in [2.75, 3.05) is 12.4 Å². The lowest BCUT2D eigenvalue weighted by Crippen LogP contribution is -2.21. The van der Waals surface area contributed by atoms with Crippen LogP contribution in [0.2, 0.25) is 10.0 Å². The maximum atomic E-state index is 12.1. The summed E-state index contributed by atoms with van der Waals surface area (Å²) in [5.41, 5.74) is 0.471. The Labute approximate surface area is 117 Å². The third kappa shape index (κ3) is 3.60. The molecule has 18 heavy (non-hydrogen) atoms. The molecule has 0 spiro atoms. The second-order valence-corrected chi connectivity index (χ2v) is 7.31. The van der Waals surface area contributed by atoms with Crippen molar-refractivity contribution in [3.63, 3.8) is 0 Å². The van der Waals surface area contributed by atoms with Crippen LogP contribution in [0.3, 0.4) is 0 Å². The molecule has 1 atom stereocenters. The van der Waals surface area contributed by atoms with E-state index in [4.69, 9.17) is 27.9 Å². The van der Waals surface area contributed by atoms with Crippen LogP contribution in [-0.2, 0) is 20.3 Å². The zero-order valence-electron chi connectivity index (χ0n) is 9.73. The highest BCUT2D eigenvalue weighted by molar-refractivity contribution is 7.90. The summed E-state index contributed by atoms with van der Waals surface area (Å²) in [6.45, 7) is 0.646. The summed E-state index contributed by atoms with van der Waals surface area (Å²) in [4.78, 5) is 0. The molecule has 0 unspecified atom stereocenters. The molecule has 0 saturated carbocycles. The summed E-state index contributed by atoms with van der Waals surface area (Å²) in [5, 5.41) is 0.775. The van der Waals surface area contributed by atoms with E-state index in [-0.39, 0.29) is 17.6 Å². The van der Waals surface area contributed by atoms with Crippen molar-refractivity contribution in [3.05, 3.63) is 33.8 Å². The molecule has 0 N–H and O–H groups in total. The van der Waals surface area contributed by atoms with Gasteiger partial charge in [-0.2, -0.15) is 0 Å². The minimum atomic E-state index is -3.26. The molecule has 1 aromatic rings. The summed E-state index contributed by atoms with van der Waals surface area (Å²) in [5.74, 6) is -0.0973. The molecule has 1 heterocycles. The van der Waals surface area contributed by atoms with Gasteiger partial charge in [-0.05, 0) is 25.0 Å². The molecule has 1 aliphatic rings. The van der Waals surface area contributed by atoms with Gasteiger partial charge in [-0.3, -0.25) is 0 Å². The van der Waals surface area contributed by atoms with E-state index in [9.17, 15) is 8.42 Å². The van der Waals surface area contributed by atoms with Crippen LogP contribution in [0.15, 0.2) is 18.2 Å². The van der Waals surface area contributed by atoms with E-state index < -0.39 is 9.84 Å². The Hall–Kier alpha value is -0.290. The average molecular weight is 309 g/mol. The van der Waals surface area contributed by atoms with Crippen LogP contribution >= 0.6 is 23.2 Å². The van der Waals surface area contributed by atoms with E-state index in [1.165, 1.54) is 0 Å². The third-order valence-electron chi connectivity index (χ3n) is 2.89. The lowest BCUT2D eigenvalue weighted by atomic mass is 10.2. The quantitative estimate of drug-likeness (QED) is 0.858. The van der Waals surface area contributed by atoms with Crippen molar-refractivity contribution in [1.29, 1.82) is 0 Å². The second kappa shape index (κ2) is 5.78. The Bertz CT molecular complexity index is 502. The molecule has 1 saturated heterocycles. The van der Waals surface area contributed by atoms with Crippen LogP contribution in [0, 0.1) is 0 Å². The number of hydrogen-bond acceptors (Lipinski definition) is 3. The molecule has 6 heteroatoms. The van der Waals surface area contributed by atoms with Crippen LogP contribution in [0.25, 0.3) is 0 Å². The van der Waals surface area contributed by atoms with Gasteiger partial charge < -0.3 is 4.74 Å². The summed E-state index contributed by atoms with van der Waals surface area (Å²) in [6.07, 6.45) is 1.54. The first kappa shape index (κ1) is 14.1. The van der Waals surface area contributed by atoms with E-state index in [0.717, 1.165) is 12.8 Å². The molecule has 0 amide bonds. The van der Waals surface area contributed by atoms with E-state index in [1.54, 1.807) is 18.2 Å². The smallest absolute Gasteiger partial charge is 0.157 e. The first-order valence-electron chi connectivity index (χ1n) is 5.73. The highest BCUT2D eigenvalue weighted by Crippen LogP contribution is 2.27. The topological polar surface area (TPSA) is 43.4 Å². The molecule has 0 radical (unpaired) electrons. The zero-order chi connectivity index (χ0) is 13.2. The molecular formula is C12H14Cl2O3S. The highest BCUT2D eigenvalue weighted by Gasteiger charge is 2.24. The van der Waals surface area contributed by atoms with Gasteiger partial charge in [0.15, 0.2) is 9.84 Å². The van der Waals surface area contributed by atoms with Crippen LogP contribution in [0.1, 0.15) is 18.4 Å². The minimum absolute atomic E-state index is 0.0363. The summed E-state index contributed by atoms with van der Waals surface area (Å²) < 4.78 is 29.5. The molecular weight excluding hydrogens is 295 g/mol. The Balaban J connectivity index is 2.12. The van der Waals surface area contributed by atoms with Gasteiger partial charge in [-0.15, -0.1) is 0 Å². The van der Waals surface area contributed by atoms with Gasteiger partial charge in [0.1, 0.15) is 0 Å². The number of sulfone groups is 1. The average Bonchev–Trinajstić information content (AvgIpc) is 2.75. The lowest BCUT2D eigenvalue weighted by molar-refractivity contribution is 0.127. The molecule has 3 nitrogen and oxygen atoms in total. The van der Waals surface area contributed by atoms with Crippen molar-refractivity contribution >= 4 is 33.0 Å². The summed E-state index contributed by atoms with van der Waals surface area (Å²) in [7, 11) is -3.26. The number of halogens is 2. The predicted octanol–water partition coefficient (Wildman–Crippen LogP) is 3.09. The predicted molar refractivity (Wildman–Crippen MR) is 72.9 cm³/mol. The Morgan fingerprint density at radius 2 is 1.94 bits per heavy atom. The van der Waals surface area contributed by atoms with Gasteiger partial charge in [-0.25, -0.2) is 8.42 Å². The fourth-order valence-corrected chi connectivity index (χ4v) is 4.40. The van der Waals surface area contributed by atoms with Gasteiger partial charge in [0.2, 0.25) is 0 Å². The van der Waals surface area contributed by atoms with Crippen LogP contribution in [-0.4, -0.2) is 26.9 Å². The number of ether oxygens (including phenoxy) is 1. The fourth-order valence-electron chi connectivity index (χ4n) is 2.01. The van der Waals surface area contributed by atoms with Crippen molar-refractivity contribution in [2.24, 2.45) is 0 Å². The van der Waals surface area contributed by atoms with Crippen molar-refractivity contribution in [3.8, 4) is 0 Å². The van der Waals surface area contributed by atoms with E-state index in [0.29, 0.717) is 22.2 Å². The first-order chi connectivity index (χ1) is 8.48. The van der Waals surface area contributed by atoms with Crippen molar-refractivity contribution in [2.45, 2.75) is 24.7 Å². The monoisotopic (exact) mass is 308 g/mol. The van der Waals surface area contributed by atoms with Gasteiger partial charge in [0.25, 0.3) is 0 Å². The lowest BCUT2D eigenvalue weighted by Gasteiger charge is -2.11. The standard InChI is InChI=1S/C12H14Cl2O3S/c13-11-4-1-5-12(14)10(11)8-18(15,16)7-9-3-2-6-17-9/h1,4-5,9H,2-3,6-8H2/t9-/m0/s1. The Morgan fingerprint density at radius 3 is 2.50 bits per heavy atom.